The highest BCUT2D eigenvalue weighted by Crippen LogP contribution is 2.39. The molecule has 1 amide bonds. The van der Waals surface area contributed by atoms with Crippen molar-refractivity contribution in [3.63, 3.8) is 0 Å². The Hall–Kier alpha value is -2.08. The van der Waals surface area contributed by atoms with Gasteiger partial charge in [-0.25, -0.2) is 9.67 Å². The van der Waals surface area contributed by atoms with Crippen LogP contribution in [0.1, 0.15) is 48.9 Å². The molecule has 1 aromatic heterocycles. The number of hydrogen-bond acceptors (Lipinski definition) is 4. The number of nitrogens with zero attached hydrogens (tertiary/aromatic N) is 4. The number of amides is 1. The fourth-order valence-corrected chi connectivity index (χ4v) is 3.46. The molecule has 6 nitrogen and oxygen atoms in total. The van der Waals surface area contributed by atoms with Crippen LogP contribution < -0.4 is 4.74 Å². The number of rotatable bonds is 4. The lowest BCUT2D eigenvalue weighted by molar-refractivity contribution is -0.136. The Morgan fingerprint density at radius 1 is 1.36 bits per heavy atom. The number of aromatic nitrogens is 3. The van der Waals surface area contributed by atoms with Gasteiger partial charge in [-0.3, -0.25) is 4.79 Å². The molecule has 1 atom stereocenters. The second-order valence-electron chi connectivity index (χ2n) is 6.79. The maximum atomic E-state index is 12.6. The topological polar surface area (TPSA) is 60.2 Å². The minimum absolute atomic E-state index is 0.0103. The van der Waals surface area contributed by atoms with Crippen molar-refractivity contribution in [3.05, 3.63) is 40.4 Å². The molecule has 1 aliphatic carbocycles. The number of benzene rings is 1. The molecule has 1 aliphatic heterocycles. The quantitative estimate of drug-likeness (QED) is 0.840. The normalized spacial score (nSPS) is 19.6. The predicted octanol–water partition coefficient (Wildman–Crippen LogP) is 3.10. The summed E-state index contributed by atoms with van der Waals surface area (Å²) in [5, 5.41) is 5.25. The van der Waals surface area contributed by atoms with Gasteiger partial charge in [0.25, 0.3) is 5.91 Å². The van der Waals surface area contributed by atoms with Crippen molar-refractivity contribution in [2.24, 2.45) is 0 Å². The fraction of sp³-hybridized carbons (Fsp3) is 0.500. The van der Waals surface area contributed by atoms with Gasteiger partial charge in [0.05, 0.1) is 12.6 Å². The summed E-state index contributed by atoms with van der Waals surface area (Å²) in [5.74, 6) is 2.98. The van der Waals surface area contributed by atoms with Crippen LogP contribution in [-0.4, -0.2) is 38.7 Å². The van der Waals surface area contributed by atoms with Crippen LogP contribution in [0.15, 0.2) is 18.2 Å². The summed E-state index contributed by atoms with van der Waals surface area (Å²) in [4.78, 5) is 19.1. The zero-order valence-electron chi connectivity index (χ0n) is 14.4. The molecule has 0 bridgehead atoms. The molecule has 1 fully saturated rings. The molecule has 2 aliphatic rings. The number of aryl methyl sites for hydroxylation is 1. The van der Waals surface area contributed by atoms with Crippen molar-refractivity contribution in [1.82, 2.24) is 19.7 Å². The monoisotopic (exact) mass is 360 g/mol. The second kappa shape index (κ2) is 6.33. The number of hydrogen-bond donors (Lipinski definition) is 0. The van der Waals surface area contributed by atoms with E-state index in [0.29, 0.717) is 29.8 Å². The van der Waals surface area contributed by atoms with E-state index in [-0.39, 0.29) is 18.6 Å². The molecule has 1 aromatic carbocycles. The molecule has 4 rings (SSSR count). The molecule has 1 saturated carbocycles. The average Bonchev–Trinajstić information content (AvgIpc) is 3.33. The molecular formula is C18H21ClN4O2. The van der Waals surface area contributed by atoms with Gasteiger partial charge in [-0.05, 0) is 50.5 Å². The summed E-state index contributed by atoms with van der Waals surface area (Å²) in [6.45, 7) is 5.24. The highest BCUT2D eigenvalue weighted by molar-refractivity contribution is 6.30. The molecule has 0 spiro atoms. The van der Waals surface area contributed by atoms with Crippen LogP contribution >= 0.6 is 11.6 Å². The summed E-state index contributed by atoms with van der Waals surface area (Å²) >= 11 is 5.95. The van der Waals surface area contributed by atoms with E-state index < -0.39 is 0 Å². The maximum Gasteiger partial charge on any atom is 0.261 e. The molecule has 0 radical (unpaired) electrons. The number of ether oxygens (including phenoxy) is 1. The molecule has 0 N–H and O–H groups in total. The van der Waals surface area contributed by atoms with Crippen molar-refractivity contribution in [3.8, 4) is 5.75 Å². The molecular weight excluding hydrogens is 340 g/mol. The predicted molar refractivity (Wildman–Crippen MR) is 93.8 cm³/mol. The van der Waals surface area contributed by atoms with E-state index >= 15 is 0 Å². The first-order valence-corrected chi connectivity index (χ1v) is 9.04. The van der Waals surface area contributed by atoms with Crippen molar-refractivity contribution < 1.29 is 9.53 Å². The first-order valence-electron chi connectivity index (χ1n) is 8.66. The van der Waals surface area contributed by atoms with E-state index in [0.717, 1.165) is 17.2 Å². The van der Waals surface area contributed by atoms with Gasteiger partial charge < -0.3 is 9.64 Å². The van der Waals surface area contributed by atoms with Crippen LogP contribution in [0.4, 0.5) is 0 Å². The fourth-order valence-electron chi connectivity index (χ4n) is 3.23. The van der Waals surface area contributed by atoms with Crippen LogP contribution in [0.3, 0.4) is 0 Å². The van der Waals surface area contributed by atoms with Crippen LogP contribution in [0, 0.1) is 6.92 Å². The second-order valence-corrected chi connectivity index (χ2v) is 7.22. The van der Waals surface area contributed by atoms with Crippen molar-refractivity contribution in [2.45, 2.75) is 45.2 Å². The lowest BCUT2D eigenvalue weighted by Gasteiger charge is -2.32. The van der Waals surface area contributed by atoms with Crippen LogP contribution in [-0.2, 0) is 11.3 Å². The third-order valence-corrected chi connectivity index (χ3v) is 5.10. The maximum absolute atomic E-state index is 12.6. The number of carbonyl (C=O) groups is 1. The molecule has 132 valence electrons. The van der Waals surface area contributed by atoms with Gasteiger partial charge >= 0.3 is 0 Å². The van der Waals surface area contributed by atoms with E-state index in [9.17, 15) is 4.79 Å². The van der Waals surface area contributed by atoms with E-state index in [1.165, 1.54) is 12.8 Å². The van der Waals surface area contributed by atoms with E-state index in [2.05, 4.69) is 10.1 Å². The Bertz CT molecular complexity index is 815. The van der Waals surface area contributed by atoms with Crippen molar-refractivity contribution in [1.29, 1.82) is 0 Å². The standard InChI is InChI=1S/C18H21ClN4O2/c1-11-9-14(19)5-6-15(11)25-10-16(24)22-7-8-23-18(12(22)2)20-17(21-23)13-3-4-13/h5-6,9,12-13H,3-4,7-8,10H2,1-2H3/t12-/m1/s1. The zero-order valence-corrected chi connectivity index (χ0v) is 15.2. The molecule has 0 unspecified atom stereocenters. The molecule has 25 heavy (non-hydrogen) atoms. The van der Waals surface area contributed by atoms with Gasteiger partial charge in [0.1, 0.15) is 11.6 Å². The van der Waals surface area contributed by atoms with Crippen molar-refractivity contribution >= 4 is 17.5 Å². The third-order valence-electron chi connectivity index (χ3n) is 4.86. The van der Waals surface area contributed by atoms with E-state index in [1.54, 1.807) is 12.1 Å². The molecule has 7 heteroatoms. The Balaban J connectivity index is 1.43. The first kappa shape index (κ1) is 16.4. The van der Waals surface area contributed by atoms with Crippen LogP contribution in [0.2, 0.25) is 5.02 Å². The van der Waals surface area contributed by atoms with Crippen LogP contribution in [0.5, 0.6) is 5.75 Å². The van der Waals surface area contributed by atoms with Gasteiger partial charge in [0.15, 0.2) is 12.4 Å². The molecule has 2 heterocycles. The summed E-state index contributed by atoms with van der Waals surface area (Å²) in [6.07, 6.45) is 2.35. The summed E-state index contributed by atoms with van der Waals surface area (Å²) in [7, 11) is 0. The smallest absolute Gasteiger partial charge is 0.261 e. The van der Waals surface area contributed by atoms with Gasteiger partial charge in [0, 0.05) is 17.5 Å². The lowest BCUT2D eigenvalue weighted by Crippen LogP contribution is -2.43. The van der Waals surface area contributed by atoms with Gasteiger partial charge in [-0.2, -0.15) is 5.10 Å². The Labute approximate surface area is 151 Å². The highest BCUT2D eigenvalue weighted by Gasteiger charge is 2.34. The average molecular weight is 361 g/mol. The Kier molecular flexibility index (Phi) is 4.15. The summed E-state index contributed by atoms with van der Waals surface area (Å²) < 4.78 is 7.65. The minimum Gasteiger partial charge on any atom is -0.483 e. The van der Waals surface area contributed by atoms with Crippen LogP contribution in [0.25, 0.3) is 0 Å². The van der Waals surface area contributed by atoms with Gasteiger partial charge in [-0.1, -0.05) is 11.6 Å². The van der Waals surface area contributed by atoms with E-state index in [4.69, 9.17) is 16.3 Å². The lowest BCUT2D eigenvalue weighted by atomic mass is 10.2. The van der Waals surface area contributed by atoms with Gasteiger partial charge in [-0.15, -0.1) is 0 Å². The number of carbonyl (C=O) groups excluding carboxylic acids is 1. The SMILES string of the molecule is Cc1cc(Cl)ccc1OCC(=O)N1CCn2nc(C3CC3)nc2[C@H]1C. The molecule has 0 saturated heterocycles. The van der Waals surface area contributed by atoms with Gasteiger partial charge in [0.2, 0.25) is 0 Å². The zero-order chi connectivity index (χ0) is 17.6. The minimum atomic E-state index is -0.0869. The third kappa shape index (κ3) is 3.23. The number of halogens is 1. The van der Waals surface area contributed by atoms with Crippen molar-refractivity contribution in [2.75, 3.05) is 13.2 Å². The number of fused-ring (bicyclic) bond motifs is 1. The largest absolute Gasteiger partial charge is 0.483 e. The van der Waals surface area contributed by atoms with E-state index in [1.807, 2.05) is 29.5 Å². The Morgan fingerprint density at radius 3 is 2.88 bits per heavy atom. The Morgan fingerprint density at radius 2 is 2.16 bits per heavy atom. The first-order chi connectivity index (χ1) is 12.0. The molecule has 2 aromatic rings. The summed E-state index contributed by atoms with van der Waals surface area (Å²) in [6, 6.07) is 5.30. The summed E-state index contributed by atoms with van der Waals surface area (Å²) in [5.41, 5.74) is 0.917. The highest BCUT2D eigenvalue weighted by atomic mass is 35.5.